The van der Waals surface area contributed by atoms with E-state index in [2.05, 4.69) is 22.6 Å². The highest BCUT2D eigenvalue weighted by Crippen LogP contribution is 2.20. The molecule has 1 saturated heterocycles. The third kappa shape index (κ3) is 3.44. The van der Waals surface area contributed by atoms with Crippen molar-refractivity contribution in [1.82, 2.24) is 9.80 Å². The smallest absolute Gasteiger partial charge is 0.255 e. The normalized spacial score (nSPS) is 15.3. The number of halogens is 2. The predicted octanol–water partition coefficient (Wildman–Crippen LogP) is 2.64. The molecule has 1 aliphatic rings. The van der Waals surface area contributed by atoms with E-state index in [4.69, 9.17) is 11.6 Å². The van der Waals surface area contributed by atoms with E-state index in [0.717, 1.165) is 3.57 Å². The first-order valence-corrected chi connectivity index (χ1v) is 8.00. The van der Waals surface area contributed by atoms with E-state index in [0.29, 0.717) is 43.2 Å². The maximum atomic E-state index is 12.5. The van der Waals surface area contributed by atoms with Crippen molar-refractivity contribution in [2.45, 2.75) is 13.3 Å². The summed E-state index contributed by atoms with van der Waals surface area (Å²) in [5.74, 6) is 0.160. The molecule has 0 N–H and O–H groups in total. The first-order valence-electron chi connectivity index (χ1n) is 6.55. The molecule has 1 aromatic carbocycles. The van der Waals surface area contributed by atoms with Gasteiger partial charge in [0.05, 0.1) is 5.56 Å². The van der Waals surface area contributed by atoms with Crippen LogP contribution in [-0.2, 0) is 4.79 Å². The number of hydrogen-bond donors (Lipinski definition) is 0. The summed E-state index contributed by atoms with van der Waals surface area (Å²) >= 11 is 8.03. The van der Waals surface area contributed by atoms with Gasteiger partial charge in [-0.2, -0.15) is 0 Å². The van der Waals surface area contributed by atoms with Gasteiger partial charge in [0.25, 0.3) is 5.91 Å². The van der Waals surface area contributed by atoms with Crippen molar-refractivity contribution in [3.8, 4) is 0 Å². The number of rotatable bonds is 2. The number of benzene rings is 1. The Labute approximate surface area is 137 Å². The van der Waals surface area contributed by atoms with Gasteiger partial charge in [-0.05, 0) is 40.8 Å². The van der Waals surface area contributed by atoms with E-state index in [9.17, 15) is 9.59 Å². The number of nitrogens with zero attached hydrogens (tertiary/aromatic N) is 2. The molecule has 0 atom stereocenters. The molecule has 0 saturated carbocycles. The van der Waals surface area contributed by atoms with E-state index in [-0.39, 0.29) is 11.8 Å². The highest BCUT2D eigenvalue weighted by molar-refractivity contribution is 14.1. The molecule has 6 heteroatoms. The lowest BCUT2D eigenvalue weighted by atomic mass is 10.2. The van der Waals surface area contributed by atoms with Gasteiger partial charge in [0.15, 0.2) is 0 Å². The Hall–Kier alpha value is -0.820. The van der Waals surface area contributed by atoms with Gasteiger partial charge in [-0.1, -0.05) is 18.5 Å². The van der Waals surface area contributed by atoms with Crippen molar-refractivity contribution in [1.29, 1.82) is 0 Å². The van der Waals surface area contributed by atoms with Crippen molar-refractivity contribution in [2.24, 2.45) is 0 Å². The van der Waals surface area contributed by atoms with E-state index in [1.165, 1.54) is 0 Å². The quantitative estimate of drug-likeness (QED) is 0.709. The third-order valence-electron chi connectivity index (χ3n) is 3.38. The van der Waals surface area contributed by atoms with Crippen LogP contribution in [0.1, 0.15) is 23.7 Å². The van der Waals surface area contributed by atoms with Crippen LogP contribution in [0.5, 0.6) is 0 Å². The summed E-state index contributed by atoms with van der Waals surface area (Å²) in [4.78, 5) is 27.7. The third-order valence-corrected chi connectivity index (χ3v) is 4.51. The van der Waals surface area contributed by atoms with Gasteiger partial charge in [0.1, 0.15) is 0 Å². The van der Waals surface area contributed by atoms with E-state index in [1.54, 1.807) is 23.1 Å². The van der Waals surface area contributed by atoms with Gasteiger partial charge in [0, 0.05) is 41.2 Å². The summed E-state index contributed by atoms with van der Waals surface area (Å²) < 4.78 is 0.854. The number of piperazine rings is 1. The molecule has 0 spiro atoms. The molecule has 4 nitrogen and oxygen atoms in total. The van der Waals surface area contributed by atoms with Gasteiger partial charge < -0.3 is 9.80 Å². The fourth-order valence-electron chi connectivity index (χ4n) is 2.22. The lowest BCUT2D eigenvalue weighted by Crippen LogP contribution is -2.50. The largest absolute Gasteiger partial charge is 0.339 e. The summed E-state index contributed by atoms with van der Waals surface area (Å²) in [5.41, 5.74) is 0.672. The van der Waals surface area contributed by atoms with Gasteiger partial charge in [-0.3, -0.25) is 9.59 Å². The first-order chi connectivity index (χ1) is 9.52. The topological polar surface area (TPSA) is 40.6 Å². The van der Waals surface area contributed by atoms with E-state index in [1.807, 2.05) is 11.8 Å². The van der Waals surface area contributed by atoms with Crippen LogP contribution in [0.15, 0.2) is 18.2 Å². The number of amides is 2. The van der Waals surface area contributed by atoms with Crippen LogP contribution in [0.2, 0.25) is 5.02 Å². The van der Waals surface area contributed by atoms with Crippen molar-refractivity contribution in [2.75, 3.05) is 26.2 Å². The van der Waals surface area contributed by atoms with Crippen LogP contribution in [0.4, 0.5) is 0 Å². The number of carbonyl (C=O) groups excluding carboxylic acids is 2. The molecule has 1 heterocycles. The Bertz CT molecular complexity index is 528. The molecule has 2 rings (SSSR count). The lowest BCUT2D eigenvalue weighted by molar-refractivity contribution is -0.132. The standard InChI is InChI=1S/C14H16ClIN2O2/c1-2-13(19)17-5-7-18(8-6-17)14(20)11-4-3-10(15)9-12(11)16/h3-4,9H,2,5-8H2,1H3. The molecule has 1 fully saturated rings. The monoisotopic (exact) mass is 406 g/mol. The average molecular weight is 407 g/mol. The molecule has 0 radical (unpaired) electrons. The SMILES string of the molecule is CCC(=O)N1CCN(C(=O)c2ccc(Cl)cc2I)CC1. The van der Waals surface area contributed by atoms with Crippen molar-refractivity contribution >= 4 is 46.0 Å². The van der Waals surface area contributed by atoms with Crippen LogP contribution < -0.4 is 0 Å². The summed E-state index contributed by atoms with van der Waals surface area (Å²) in [6.07, 6.45) is 0.517. The molecule has 2 amide bonds. The maximum absolute atomic E-state index is 12.5. The Morgan fingerprint density at radius 1 is 1.20 bits per heavy atom. The molecule has 20 heavy (non-hydrogen) atoms. The molecule has 1 aliphatic heterocycles. The zero-order chi connectivity index (χ0) is 14.7. The van der Waals surface area contributed by atoms with Crippen LogP contribution in [0, 0.1) is 3.57 Å². The highest BCUT2D eigenvalue weighted by Gasteiger charge is 2.25. The molecule has 0 bridgehead atoms. The molecular formula is C14H16ClIN2O2. The summed E-state index contributed by atoms with van der Waals surface area (Å²) in [6, 6.07) is 5.27. The maximum Gasteiger partial charge on any atom is 0.255 e. The van der Waals surface area contributed by atoms with Gasteiger partial charge in [-0.25, -0.2) is 0 Å². The van der Waals surface area contributed by atoms with Gasteiger partial charge in [-0.15, -0.1) is 0 Å². The minimum absolute atomic E-state index is 0.00895. The first kappa shape index (κ1) is 15.6. The zero-order valence-electron chi connectivity index (χ0n) is 11.2. The molecular weight excluding hydrogens is 391 g/mol. The fraction of sp³-hybridized carbons (Fsp3) is 0.429. The second-order valence-corrected chi connectivity index (χ2v) is 6.25. The van der Waals surface area contributed by atoms with Crippen molar-refractivity contribution in [3.63, 3.8) is 0 Å². The van der Waals surface area contributed by atoms with Gasteiger partial charge in [0.2, 0.25) is 5.91 Å². The molecule has 0 aromatic heterocycles. The van der Waals surface area contributed by atoms with Crippen LogP contribution >= 0.6 is 34.2 Å². The van der Waals surface area contributed by atoms with Crippen LogP contribution in [0.3, 0.4) is 0 Å². The predicted molar refractivity (Wildman–Crippen MR) is 86.9 cm³/mol. The molecule has 1 aromatic rings. The van der Waals surface area contributed by atoms with E-state index >= 15 is 0 Å². The average Bonchev–Trinajstić information content (AvgIpc) is 2.46. The van der Waals surface area contributed by atoms with Crippen LogP contribution in [0.25, 0.3) is 0 Å². The second-order valence-electron chi connectivity index (χ2n) is 4.65. The second kappa shape index (κ2) is 6.76. The zero-order valence-corrected chi connectivity index (χ0v) is 14.1. The summed E-state index contributed by atoms with van der Waals surface area (Å²) in [6.45, 7) is 4.26. The number of hydrogen-bond acceptors (Lipinski definition) is 2. The van der Waals surface area contributed by atoms with Crippen LogP contribution in [-0.4, -0.2) is 47.8 Å². The van der Waals surface area contributed by atoms with Crippen molar-refractivity contribution in [3.05, 3.63) is 32.4 Å². The van der Waals surface area contributed by atoms with Gasteiger partial charge >= 0.3 is 0 Å². The Balaban J connectivity index is 2.03. The highest BCUT2D eigenvalue weighted by atomic mass is 127. The summed E-state index contributed by atoms with van der Waals surface area (Å²) in [7, 11) is 0. The Morgan fingerprint density at radius 3 is 2.35 bits per heavy atom. The lowest BCUT2D eigenvalue weighted by Gasteiger charge is -2.34. The number of carbonyl (C=O) groups is 2. The Kier molecular flexibility index (Phi) is 5.26. The molecule has 108 valence electrons. The van der Waals surface area contributed by atoms with Crippen molar-refractivity contribution < 1.29 is 9.59 Å². The Morgan fingerprint density at radius 2 is 1.80 bits per heavy atom. The molecule has 0 unspecified atom stereocenters. The van der Waals surface area contributed by atoms with E-state index < -0.39 is 0 Å². The minimum atomic E-state index is 0.00895. The molecule has 0 aliphatic carbocycles. The minimum Gasteiger partial charge on any atom is -0.339 e. The fourth-order valence-corrected chi connectivity index (χ4v) is 3.32. The summed E-state index contributed by atoms with van der Waals surface area (Å²) in [5, 5.41) is 0.629.